The quantitative estimate of drug-likeness (QED) is 0.836. The highest BCUT2D eigenvalue weighted by atomic mass is 35.5. The van der Waals surface area contributed by atoms with Crippen molar-refractivity contribution in [2.24, 2.45) is 0 Å². The Morgan fingerprint density at radius 1 is 1.59 bits per heavy atom. The average molecular weight is 252 g/mol. The fourth-order valence-corrected chi connectivity index (χ4v) is 1.95. The van der Waals surface area contributed by atoms with Crippen LogP contribution in [0.25, 0.3) is 0 Å². The van der Waals surface area contributed by atoms with Crippen molar-refractivity contribution in [3.8, 4) is 5.75 Å². The first kappa shape index (κ1) is 12.0. The van der Waals surface area contributed by atoms with Gasteiger partial charge in [-0.05, 0) is 31.0 Å². The molecule has 0 atom stereocenters. The maximum absolute atomic E-state index is 12.3. The van der Waals surface area contributed by atoms with Crippen LogP contribution in [0.2, 0.25) is 5.02 Å². The van der Waals surface area contributed by atoms with Gasteiger partial charge in [0.25, 0.3) is 5.91 Å². The molecule has 90 valence electrons. The maximum atomic E-state index is 12.3. The van der Waals surface area contributed by atoms with Crippen LogP contribution >= 0.6 is 11.6 Å². The highest BCUT2D eigenvalue weighted by Crippen LogP contribution is 2.30. The Hall–Kier alpha value is -1.48. The molecule has 17 heavy (non-hydrogen) atoms. The number of nitrogens with zero attached hydrogens (tertiary/aromatic N) is 1. The van der Waals surface area contributed by atoms with Crippen LogP contribution in [0.5, 0.6) is 5.75 Å². The Labute approximate surface area is 105 Å². The molecule has 1 aromatic carbocycles. The minimum atomic E-state index is -0.145. The maximum Gasteiger partial charge on any atom is 0.256 e. The lowest BCUT2D eigenvalue weighted by atomic mass is 10.2. The van der Waals surface area contributed by atoms with E-state index in [9.17, 15) is 9.90 Å². The summed E-state index contributed by atoms with van der Waals surface area (Å²) in [7, 11) is 0. The number of phenolic OH excluding ortho intramolecular Hbond substituents is 1. The molecule has 0 bridgehead atoms. The summed E-state index contributed by atoms with van der Waals surface area (Å²) in [5.74, 6) is -0.0969. The van der Waals surface area contributed by atoms with E-state index in [4.69, 9.17) is 11.6 Å². The number of phenols is 1. The van der Waals surface area contributed by atoms with Crippen LogP contribution in [-0.4, -0.2) is 28.5 Å². The summed E-state index contributed by atoms with van der Waals surface area (Å²) in [6, 6.07) is 4.69. The Kier molecular flexibility index (Phi) is 3.38. The number of carbonyl (C=O) groups is 1. The molecule has 1 aliphatic carbocycles. The summed E-state index contributed by atoms with van der Waals surface area (Å²) in [5.41, 5.74) is 0.348. The normalized spacial score (nSPS) is 14.4. The Balaban J connectivity index is 2.27. The van der Waals surface area contributed by atoms with E-state index in [-0.39, 0.29) is 11.7 Å². The number of benzene rings is 1. The largest absolute Gasteiger partial charge is 0.508 e. The molecule has 1 N–H and O–H groups in total. The second-order valence-electron chi connectivity index (χ2n) is 4.14. The number of amides is 1. The van der Waals surface area contributed by atoms with Gasteiger partial charge in [-0.3, -0.25) is 4.79 Å². The topological polar surface area (TPSA) is 40.5 Å². The van der Waals surface area contributed by atoms with Crippen LogP contribution in [0.3, 0.4) is 0 Å². The number of rotatable bonds is 4. The predicted octanol–water partition coefficient (Wildman–Crippen LogP) is 2.84. The van der Waals surface area contributed by atoms with Crippen molar-refractivity contribution in [1.82, 2.24) is 4.90 Å². The molecule has 0 aromatic heterocycles. The van der Waals surface area contributed by atoms with Gasteiger partial charge < -0.3 is 10.0 Å². The molecular formula is C13H14ClNO2. The Bertz CT molecular complexity index is 455. The minimum Gasteiger partial charge on any atom is -0.508 e. The van der Waals surface area contributed by atoms with Crippen molar-refractivity contribution in [2.45, 2.75) is 18.9 Å². The van der Waals surface area contributed by atoms with E-state index >= 15 is 0 Å². The smallest absolute Gasteiger partial charge is 0.256 e. The van der Waals surface area contributed by atoms with Gasteiger partial charge in [0.1, 0.15) is 5.75 Å². The van der Waals surface area contributed by atoms with Gasteiger partial charge in [-0.15, -0.1) is 6.58 Å². The number of hydrogen-bond donors (Lipinski definition) is 1. The summed E-state index contributed by atoms with van der Waals surface area (Å²) in [6.45, 7) is 4.16. The Morgan fingerprint density at radius 2 is 2.29 bits per heavy atom. The standard InChI is InChI=1S/C13H14ClNO2/c1-2-7-15(9-3-4-9)13(17)11-8-10(16)5-6-12(11)14/h2,5-6,8-9,16H,1,3-4,7H2. The van der Waals surface area contributed by atoms with Crippen LogP contribution in [-0.2, 0) is 0 Å². The van der Waals surface area contributed by atoms with E-state index in [2.05, 4.69) is 6.58 Å². The van der Waals surface area contributed by atoms with E-state index in [1.54, 1.807) is 11.0 Å². The second-order valence-corrected chi connectivity index (χ2v) is 4.55. The van der Waals surface area contributed by atoms with E-state index in [1.807, 2.05) is 0 Å². The number of aromatic hydroxyl groups is 1. The highest BCUT2D eigenvalue weighted by molar-refractivity contribution is 6.33. The monoisotopic (exact) mass is 251 g/mol. The van der Waals surface area contributed by atoms with Gasteiger partial charge in [0.2, 0.25) is 0 Å². The van der Waals surface area contributed by atoms with Crippen molar-refractivity contribution in [3.05, 3.63) is 41.4 Å². The van der Waals surface area contributed by atoms with Crippen LogP contribution in [0.1, 0.15) is 23.2 Å². The van der Waals surface area contributed by atoms with Gasteiger partial charge in [0.15, 0.2) is 0 Å². The van der Waals surface area contributed by atoms with Crippen molar-refractivity contribution in [2.75, 3.05) is 6.54 Å². The van der Waals surface area contributed by atoms with E-state index in [1.165, 1.54) is 18.2 Å². The van der Waals surface area contributed by atoms with Crippen molar-refractivity contribution < 1.29 is 9.90 Å². The third kappa shape index (κ3) is 2.61. The molecule has 0 heterocycles. The van der Waals surface area contributed by atoms with Crippen molar-refractivity contribution in [1.29, 1.82) is 0 Å². The second kappa shape index (κ2) is 4.80. The molecule has 1 aromatic rings. The summed E-state index contributed by atoms with van der Waals surface area (Å²) in [5, 5.41) is 9.77. The van der Waals surface area contributed by atoms with Crippen molar-refractivity contribution >= 4 is 17.5 Å². The van der Waals surface area contributed by atoms with Crippen LogP contribution in [0.4, 0.5) is 0 Å². The van der Waals surface area contributed by atoms with Gasteiger partial charge in [-0.1, -0.05) is 17.7 Å². The van der Waals surface area contributed by atoms with E-state index in [0.717, 1.165) is 12.8 Å². The number of carbonyl (C=O) groups excluding carboxylic acids is 1. The van der Waals surface area contributed by atoms with Crippen LogP contribution < -0.4 is 0 Å². The predicted molar refractivity (Wildman–Crippen MR) is 67.4 cm³/mol. The van der Waals surface area contributed by atoms with Crippen LogP contribution in [0, 0.1) is 0 Å². The fourth-order valence-electron chi connectivity index (χ4n) is 1.75. The van der Waals surface area contributed by atoms with Gasteiger partial charge in [0, 0.05) is 12.6 Å². The van der Waals surface area contributed by atoms with Gasteiger partial charge in [-0.2, -0.15) is 0 Å². The molecule has 0 unspecified atom stereocenters. The van der Waals surface area contributed by atoms with Crippen LogP contribution in [0.15, 0.2) is 30.9 Å². The Morgan fingerprint density at radius 3 is 2.88 bits per heavy atom. The third-order valence-corrected chi connectivity index (χ3v) is 3.08. The lowest BCUT2D eigenvalue weighted by Crippen LogP contribution is -2.33. The zero-order valence-electron chi connectivity index (χ0n) is 9.40. The molecular weight excluding hydrogens is 238 g/mol. The first-order valence-corrected chi connectivity index (χ1v) is 5.91. The number of hydrogen-bond acceptors (Lipinski definition) is 2. The zero-order chi connectivity index (χ0) is 12.4. The lowest BCUT2D eigenvalue weighted by molar-refractivity contribution is 0.0762. The van der Waals surface area contributed by atoms with Crippen molar-refractivity contribution in [3.63, 3.8) is 0 Å². The first-order valence-electron chi connectivity index (χ1n) is 5.54. The average Bonchev–Trinajstić information content (AvgIpc) is 3.12. The summed E-state index contributed by atoms with van der Waals surface area (Å²) in [6.07, 6.45) is 3.75. The molecule has 0 saturated heterocycles. The minimum absolute atomic E-state index is 0.0482. The number of halogens is 1. The highest BCUT2D eigenvalue weighted by Gasteiger charge is 2.32. The first-order chi connectivity index (χ1) is 8.13. The molecule has 1 amide bonds. The summed E-state index contributed by atoms with van der Waals surface area (Å²) < 4.78 is 0. The molecule has 3 nitrogen and oxygen atoms in total. The molecule has 1 saturated carbocycles. The van der Waals surface area contributed by atoms with E-state index in [0.29, 0.717) is 23.2 Å². The molecule has 2 rings (SSSR count). The SMILES string of the molecule is C=CCN(C(=O)c1cc(O)ccc1Cl)C1CC1. The molecule has 0 spiro atoms. The molecule has 0 radical (unpaired) electrons. The molecule has 4 heteroatoms. The molecule has 1 fully saturated rings. The molecule has 0 aliphatic heterocycles. The van der Waals surface area contributed by atoms with Gasteiger partial charge >= 0.3 is 0 Å². The fraction of sp³-hybridized carbons (Fsp3) is 0.308. The summed E-state index contributed by atoms with van der Waals surface area (Å²) >= 11 is 5.98. The lowest BCUT2D eigenvalue weighted by Gasteiger charge is -2.21. The molecule has 1 aliphatic rings. The van der Waals surface area contributed by atoms with E-state index < -0.39 is 0 Å². The van der Waals surface area contributed by atoms with Gasteiger partial charge in [-0.25, -0.2) is 0 Å². The zero-order valence-corrected chi connectivity index (χ0v) is 10.2. The van der Waals surface area contributed by atoms with Gasteiger partial charge in [0.05, 0.1) is 10.6 Å². The third-order valence-electron chi connectivity index (χ3n) is 2.75. The summed E-state index contributed by atoms with van der Waals surface area (Å²) in [4.78, 5) is 14.0.